The van der Waals surface area contributed by atoms with E-state index in [4.69, 9.17) is 5.73 Å². The second kappa shape index (κ2) is 6.31. The maximum absolute atomic E-state index is 12.5. The van der Waals surface area contributed by atoms with Gasteiger partial charge in [0.15, 0.2) is 0 Å². The highest BCUT2D eigenvalue weighted by Crippen LogP contribution is 2.24. The lowest BCUT2D eigenvalue weighted by atomic mass is 9.93. The average Bonchev–Trinajstić information content (AvgIpc) is 2.46. The van der Waals surface area contributed by atoms with Crippen LogP contribution < -0.4 is 5.73 Å². The zero-order valence-electron chi connectivity index (χ0n) is 12.3. The number of hydrogen-bond donors (Lipinski definition) is 1. The number of carbonyl (C=O) groups excluding carboxylic acids is 2. The Hall–Kier alpha value is -1.15. The first-order valence-corrected chi connectivity index (χ1v) is 9.17. The van der Waals surface area contributed by atoms with Crippen molar-refractivity contribution in [3.63, 3.8) is 0 Å². The minimum Gasteiger partial charge on any atom is -0.369 e. The van der Waals surface area contributed by atoms with Crippen LogP contribution in [0.25, 0.3) is 0 Å². The molecule has 2 aliphatic heterocycles. The number of amides is 2. The van der Waals surface area contributed by atoms with Gasteiger partial charge in [0.1, 0.15) is 0 Å². The van der Waals surface area contributed by atoms with E-state index in [2.05, 4.69) is 0 Å². The molecule has 120 valence electrons. The lowest BCUT2D eigenvalue weighted by molar-refractivity contribution is -0.139. The number of piperidine rings is 2. The van der Waals surface area contributed by atoms with Crippen LogP contribution in [-0.2, 0) is 19.6 Å². The summed E-state index contributed by atoms with van der Waals surface area (Å²) in [6.07, 6.45) is 3.81. The summed E-state index contributed by atoms with van der Waals surface area (Å²) in [6, 6.07) is 0. The third kappa shape index (κ3) is 3.94. The quantitative estimate of drug-likeness (QED) is 0.749. The molecule has 0 unspecified atom stereocenters. The number of primary amides is 1. The first-order chi connectivity index (χ1) is 9.79. The Balaban J connectivity index is 1.93. The summed E-state index contributed by atoms with van der Waals surface area (Å²) < 4.78 is 24.6. The first kappa shape index (κ1) is 16.2. The predicted octanol–water partition coefficient (Wildman–Crippen LogP) is -0.618. The molecule has 0 aromatic rings. The average molecular weight is 317 g/mol. The molecule has 2 saturated heterocycles. The Bertz CT molecular complexity index is 512. The van der Waals surface area contributed by atoms with Crippen molar-refractivity contribution in [1.29, 1.82) is 0 Å². The SMILES string of the molecule is CS(=O)(=O)N1CCC[C@H](C(=O)N2CCC(C(N)=O)CC2)C1. The fourth-order valence-electron chi connectivity index (χ4n) is 3.09. The largest absolute Gasteiger partial charge is 0.369 e. The van der Waals surface area contributed by atoms with Crippen molar-refractivity contribution < 1.29 is 18.0 Å². The van der Waals surface area contributed by atoms with Crippen molar-refractivity contribution in [2.24, 2.45) is 17.6 Å². The monoisotopic (exact) mass is 317 g/mol. The van der Waals surface area contributed by atoms with E-state index in [1.54, 1.807) is 4.90 Å². The number of rotatable bonds is 3. The molecule has 8 heteroatoms. The molecule has 0 radical (unpaired) electrons. The Kier molecular flexibility index (Phi) is 4.88. The molecule has 2 rings (SSSR count). The predicted molar refractivity (Wildman–Crippen MR) is 77.6 cm³/mol. The van der Waals surface area contributed by atoms with Crippen LogP contribution in [0.5, 0.6) is 0 Å². The molecule has 7 nitrogen and oxygen atoms in total. The summed E-state index contributed by atoms with van der Waals surface area (Å²) in [5.74, 6) is -0.708. The van der Waals surface area contributed by atoms with Crippen molar-refractivity contribution in [2.45, 2.75) is 25.7 Å². The van der Waals surface area contributed by atoms with Crippen molar-refractivity contribution in [1.82, 2.24) is 9.21 Å². The van der Waals surface area contributed by atoms with E-state index < -0.39 is 10.0 Å². The molecule has 2 fully saturated rings. The van der Waals surface area contributed by atoms with Gasteiger partial charge in [0, 0.05) is 32.1 Å². The fourth-order valence-corrected chi connectivity index (χ4v) is 4.00. The third-order valence-corrected chi connectivity index (χ3v) is 5.68. The van der Waals surface area contributed by atoms with Crippen molar-refractivity contribution in [2.75, 3.05) is 32.4 Å². The van der Waals surface area contributed by atoms with E-state index in [9.17, 15) is 18.0 Å². The molecular weight excluding hydrogens is 294 g/mol. The standard InChI is InChI=1S/C13H23N3O4S/c1-21(19,20)16-6-2-3-11(9-16)13(18)15-7-4-10(5-8-15)12(14)17/h10-11H,2-9H2,1H3,(H2,14,17)/t11-/m0/s1. The molecule has 0 aromatic heterocycles. The van der Waals surface area contributed by atoms with Gasteiger partial charge in [0.05, 0.1) is 12.2 Å². The summed E-state index contributed by atoms with van der Waals surface area (Å²) in [7, 11) is -3.24. The van der Waals surface area contributed by atoms with Crippen LogP contribution in [0, 0.1) is 11.8 Å². The Morgan fingerprint density at radius 2 is 1.67 bits per heavy atom. The topological polar surface area (TPSA) is 101 Å². The van der Waals surface area contributed by atoms with Crippen LogP contribution in [0.15, 0.2) is 0 Å². The van der Waals surface area contributed by atoms with Gasteiger partial charge in [0.25, 0.3) is 0 Å². The molecule has 0 aromatic carbocycles. The molecular formula is C13H23N3O4S. The summed E-state index contributed by atoms with van der Waals surface area (Å²) in [5, 5.41) is 0. The summed E-state index contributed by atoms with van der Waals surface area (Å²) >= 11 is 0. The van der Waals surface area contributed by atoms with Crippen molar-refractivity contribution in [3.8, 4) is 0 Å². The van der Waals surface area contributed by atoms with Gasteiger partial charge >= 0.3 is 0 Å². The molecule has 2 aliphatic rings. The molecule has 0 spiro atoms. The normalized spacial score (nSPS) is 25.8. The van der Waals surface area contributed by atoms with Gasteiger partial charge < -0.3 is 10.6 Å². The number of carbonyl (C=O) groups is 2. The van der Waals surface area contributed by atoms with Crippen LogP contribution in [0.3, 0.4) is 0 Å². The number of nitrogens with zero attached hydrogens (tertiary/aromatic N) is 2. The van der Waals surface area contributed by atoms with E-state index in [-0.39, 0.29) is 30.2 Å². The molecule has 1 atom stereocenters. The first-order valence-electron chi connectivity index (χ1n) is 7.32. The van der Waals surface area contributed by atoms with Crippen LogP contribution in [-0.4, -0.2) is 61.9 Å². The molecule has 21 heavy (non-hydrogen) atoms. The van der Waals surface area contributed by atoms with Gasteiger partial charge in [-0.25, -0.2) is 12.7 Å². The van der Waals surface area contributed by atoms with Crippen molar-refractivity contribution in [3.05, 3.63) is 0 Å². The van der Waals surface area contributed by atoms with E-state index in [1.807, 2.05) is 0 Å². The van der Waals surface area contributed by atoms with Crippen LogP contribution >= 0.6 is 0 Å². The fraction of sp³-hybridized carbons (Fsp3) is 0.846. The summed E-state index contributed by atoms with van der Waals surface area (Å²) in [6.45, 7) is 1.82. The molecule has 0 saturated carbocycles. The molecule has 0 bridgehead atoms. The molecule has 2 N–H and O–H groups in total. The number of hydrogen-bond acceptors (Lipinski definition) is 4. The van der Waals surface area contributed by atoms with Crippen LogP contribution in [0.4, 0.5) is 0 Å². The van der Waals surface area contributed by atoms with Crippen LogP contribution in [0.2, 0.25) is 0 Å². The van der Waals surface area contributed by atoms with E-state index in [0.29, 0.717) is 38.9 Å². The van der Waals surface area contributed by atoms with E-state index in [0.717, 1.165) is 6.42 Å². The maximum Gasteiger partial charge on any atom is 0.227 e. The zero-order chi connectivity index (χ0) is 15.6. The van der Waals surface area contributed by atoms with Gasteiger partial charge in [-0.3, -0.25) is 9.59 Å². The zero-order valence-corrected chi connectivity index (χ0v) is 13.1. The number of sulfonamides is 1. The third-order valence-electron chi connectivity index (χ3n) is 4.41. The van der Waals surface area contributed by atoms with Gasteiger partial charge in [0.2, 0.25) is 21.8 Å². The van der Waals surface area contributed by atoms with Gasteiger partial charge in [-0.05, 0) is 25.7 Å². The molecule has 2 heterocycles. The minimum atomic E-state index is -3.24. The number of nitrogens with two attached hydrogens (primary N) is 1. The molecule has 2 amide bonds. The highest BCUT2D eigenvalue weighted by Gasteiger charge is 2.34. The van der Waals surface area contributed by atoms with Crippen LogP contribution in [0.1, 0.15) is 25.7 Å². The van der Waals surface area contributed by atoms with E-state index >= 15 is 0 Å². The Labute approximate surface area is 125 Å². The Morgan fingerprint density at radius 3 is 2.19 bits per heavy atom. The van der Waals surface area contributed by atoms with Crippen molar-refractivity contribution >= 4 is 21.8 Å². The second-order valence-electron chi connectivity index (χ2n) is 5.96. The summed E-state index contributed by atoms with van der Waals surface area (Å²) in [4.78, 5) is 25.4. The van der Waals surface area contributed by atoms with Gasteiger partial charge in [-0.1, -0.05) is 0 Å². The highest BCUT2D eigenvalue weighted by molar-refractivity contribution is 7.88. The number of likely N-dealkylation sites (tertiary alicyclic amines) is 1. The maximum atomic E-state index is 12.5. The summed E-state index contributed by atoms with van der Waals surface area (Å²) in [5.41, 5.74) is 5.28. The van der Waals surface area contributed by atoms with E-state index in [1.165, 1.54) is 10.6 Å². The lowest BCUT2D eigenvalue weighted by Crippen LogP contribution is -2.49. The minimum absolute atomic E-state index is 0.00581. The van der Waals surface area contributed by atoms with Gasteiger partial charge in [-0.2, -0.15) is 0 Å². The smallest absolute Gasteiger partial charge is 0.227 e. The van der Waals surface area contributed by atoms with Gasteiger partial charge in [-0.15, -0.1) is 0 Å². The Morgan fingerprint density at radius 1 is 1.05 bits per heavy atom. The highest BCUT2D eigenvalue weighted by atomic mass is 32.2. The lowest BCUT2D eigenvalue weighted by Gasteiger charge is -2.36. The molecule has 0 aliphatic carbocycles. The second-order valence-corrected chi connectivity index (χ2v) is 7.94.